The minimum Gasteiger partial charge on any atom is -0.394 e. The summed E-state index contributed by atoms with van der Waals surface area (Å²) in [5.41, 5.74) is 0.273. The molecule has 12 heavy (non-hydrogen) atoms. The van der Waals surface area contributed by atoms with E-state index in [4.69, 9.17) is 22.5 Å². The molecule has 1 radical (unpaired) electrons. The van der Waals surface area contributed by atoms with E-state index in [2.05, 4.69) is 20.8 Å². The van der Waals surface area contributed by atoms with Crippen LogP contribution in [-0.2, 0) is 4.74 Å². The van der Waals surface area contributed by atoms with Gasteiger partial charge < -0.3 is 9.84 Å². The van der Waals surface area contributed by atoms with E-state index < -0.39 is 0 Å². The minimum absolute atomic E-state index is 0.0809. The van der Waals surface area contributed by atoms with Crippen LogP contribution in [0.1, 0.15) is 27.2 Å². The maximum atomic E-state index is 8.45. The monoisotopic (exact) mass is 191 g/mol. The first-order valence-corrected chi connectivity index (χ1v) is 4.77. The molecule has 1 atom stereocenters. The van der Waals surface area contributed by atoms with E-state index in [1.54, 1.807) is 0 Å². The molecule has 0 spiro atoms. The lowest BCUT2D eigenvalue weighted by Gasteiger charge is -2.21. The molecule has 0 aliphatic carbocycles. The van der Waals surface area contributed by atoms with Gasteiger partial charge in [-0.25, -0.2) is 0 Å². The lowest BCUT2D eigenvalue weighted by Crippen LogP contribution is -2.18. The average molecular weight is 191 g/mol. The van der Waals surface area contributed by atoms with Crippen molar-refractivity contribution in [2.45, 2.75) is 32.4 Å². The maximum Gasteiger partial charge on any atom is 0.0698 e. The van der Waals surface area contributed by atoms with Crippen molar-refractivity contribution in [1.29, 1.82) is 0 Å². The number of aliphatic hydroxyl groups excluding tert-OH is 1. The lowest BCUT2D eigenvalue weighted by molar-refractivity contribution is 0.0884. The first-order valence-electron chi connectivity index (χ1n) is 4.30. The molecule has 0 aromatic rings. The summed E-state index contributed by atoms with van der Waals surface area (Å²) in [5, 5.41) is 8.62. The highest BCUT2D eigenvalue weighted by Crippen LogP contribution is 2.23. The van der Waals surface area contributed by atoms with E-state index in [-0.39, 0.29) is 17.3 Å². The van der Waals surface area contributed by atoms with E-state index in [9.17, 15) is 0 Å². The molecule has 0 bridgehead atoms. The van der Waals surface area contributed by atoms with Crippen LogP contribution in [0, 0.1) is 5.41 Å². The van der Waals surface area contributed by atoms with Crippen LogP contribution in [0.3, 0.4) is 0 Å². The van der Waals surface area contributed by atoms with Gasteiger partial charge in [0.05, 0.1) is 19.8 Å². The third-order valence-corrected chi connectivity index (χ3v) is 1.68. The number of ether oxygens (including phenoxy) is 1. The Labute approximate surface area is 80.7 Å². The zero-order valence-corrected chi connectivity index (χ0v) is 8.99. The van der Waals surface area contributed by atoms with Gasteiger partial charge in [0, 0.05) is 5.25 Å². The molecule has 0 saturated heterocycles. The first kappa shape index (κ1) is 12.3. The van der Waals surface area contributed by atoms with Crippen molar-refractivity contribution in [1.82, 2.24) is 0 Å². The maximum absolute atomic E-state index is 8.45. The van der Waals surface area contributed by atoms with Crippen LogP contribution in [0.4, 0.5) is 0 Å². The minimum atomic E-state index is 0.0809. The summed E-state index contributed by atoms with van der Waals surface area (Å²) in [6.45, 7) is 7.55. The molecule has 1 N–H and O–H groups in total. The van der Waals surface area contributed by atoms with Crippen molar-refractivity contribution >= 4 is 12.6 Å². The van der Waals surface area contributed by atoms with Crippen LogP contribution >= 0.6 is 12.6 Å². The summed E-state index contributed by atoms with van der Waals surface area (Å²) in [7, 11) is 0. The Bertz CT molecular complexity index is 110. The number of hydrogen-bond acceptors (Lipinski definition) is 2. The topological polar surface area (TPSA) is 29.5 Å². The molecule has 0 aromatic heterocycles. The van der Waals surface area contributed by atoms with Crippen LogP contribution < -0.4 is 0 Å². The Hall–Kier alpha value is 0.270. The second kappa shape index (κ2) is 5.84. The van der Waals surface area contributed by atoms with Crippen LogP contribution in [0.2, 0.25) is 0 Å². The highest BCUT2D eigenvalue weighted by Gasteiger charge is 2.16. The van der Waals surface area contributed by atoms with Crippen LogP contribution in [-0.4, -0.2) is 30.2 Å². The first-order chi connectivity index (χ1) is 5.45. The number of hydrogen-bond donors (Lipinski definition) is 1. The Morgan fingerprint density at radius 1 is 1.42 bits per heavy atom. The molecule has 3 heteroatoms. The third-order valence-electron chi connectivity index (χ3n) is 1.38. The number of aliphatic hydroxyl groups is 1. The fourth-order valence-electron chi connectivity index (χ4n) is 1.02. The molecule has 0 aromatic carbocycles. The quantitative estimate of drug-likeness (QED) is 0.673. The summed E-state index contributed by atoms with van der Waals surface area (Å²) >= 11 is 5.19. The predicted octanol–water partition coefficient (Wildman–Crippen LogP) is 2.00. The lowest BCUT2D eigenvalue weighted by atomic mass is 9.90. The van der Waals surface area contributed by atoms with Crippen LogP contribution in [0.15, 0.2) is 0 Å². The van der Waals surface area contributed by atoms with Crippen molar-refractivity contribution in [3.8, 4) is 0 Å². The summed E-state index contributed by atoms with van der Waals surface area (Å²) in [6, 6.07) is 0. The standard InChI is InChI=1S/C9H19O2S/c1-9(2,3)6-8(12)7-11-5-4-10/h8,10H,4-7H2,1-3H3. The molecule has 0 aliphatic rings. The van der Waals surface area contributed by atoms with Gasteiger partial charge in [-0.05, 0) is 11.8 Å². The SMILES string of the molecule is CC(C)(C)CC([S])COCCO. The van der Waals surface area contributed by atoms with Crippen LogP contribution in [0.5, 0.6) is 0 Å². The predicted molar refractivity (Wildman–Crippen MR) is 53.4 cm³/mol. The smallest absolute Gasteiger partial charge is 0.0698 e. The van der Waals surface area contributed by atoms with E-state index >= 15 is 0 Å². The third kappa shape index (κ3) is 8.37. The fraction of sp³-hybridized carbons (Fsp3) is 1.00. The Morgan fingerprint density at radius 2 is 2.00 bits per heavy atom. The van der Waals surface area contributed by atoms with E-state index in [1.165, 1.54) is 0 Å². The Balaban J connectivity index is 3.40. The molecule has 0 rings (SSSR count). The Morgan fingerprint density at radius 3 is 2.42 bits per heavy atom. The molecule has 73 valence electrons. The molecule has 1 unspecified atom stereocenters. The molecule has 0 amide bonds. The molecular weight excluding hydrogens is 172 g/mol. The van der Waals surface area contributed by atoms with Gasteiger partial charge in [0.25, 0.3) is 0 Å². The molecule has 0 fully saturated rings. The normalized spacial score (nSPS) is 14.8. The average Bonchev–Trinajstić information content (AvgIpc) is 1.84. The zero-order valence-electron chi connectivity index (χ0n) is 8.17. The van der Waals surface area contributed by atoms with Crippen molar-refractivity contribution in [3.63, 3.8) is 0 Å². The van der Waals surface area contributed by atoms with E-state index in [0.717, 1.165) is 6.42 Å². The van der Waals surface area contributed by atoms with Gasteiger partial charge in [-0.1, -0.05) is 33.4 Å². The van der Waals surface area contributed by atoms with Gasteiger partial charge in [-0.3, -0.25) is 0 Å². The van der Waals surface area contributed by atoms with Crippen molar-refractivity contribution < 1.29 is 9.84 Å². The largest absolute Gasteiger partial charge is 0.394 e. The van der Waals surface area contributed by atoms with E-state index in [0.29, 0.717) is 13.2 Å². The summed E-state index contributed by atoms with van der Waals surface area (Å²) < 4.78 is 5.14. The molecular formula is C9H19O2S. The number of rotatable bonds is 5. The highest BCUT2D eigenvalue weighted by molar-refractivity contribution is 7.81. The van der Waals surface area contributed by atoms with Crippen LogP contribution in [0.25, 0.3) is 0 Å². The molecule has 2 nitrogen and oxygen atoms in total. The van der Waals surface area contributed by atoms with Gasteiger partial charge >= 0.3 is 0 Å². The molecule has 0 saturated carbocycles. The Kier molecular flexibility index (Phi) is 5.97. The van der Waals surface area contributed by atoms with Gasteiger partial charge in [-0.15, -0.1) is 0 Å². The van der Waals surface area contributed by atoms with Gasteiger partial charge in [0.2, 0.25) is 0 Å². The zero-order chi connectivity index (χ0) is 9.61. The van der Waals surface area contributed by atoms with Crippen molar-refractivity contribution in [2.24, 2.45) is 5.41 Å². The summed E-state index contributed by atoms with van der Waals surface area (Å²) in [4.78, 5) is 0. The summed E-state index contributed by atoms with van der Waals surface area (Å²) in [5.74, 6) is 0. The second-order valence-corrected chi connectivity index (χ2v) is 4.85. The highest BCUT2D eigenvalue weighted by atomic mass is 32.1. The second-order valence-electron chi connectivity index (χ2n) is 4.19. The molecule has 0 heterocycles. The van der Waals surface area contributed by atoms with E-state index in [1.807, 2.05) is 0 Å². The molecule has 0 aliphatic heterocycles. The van der Waals surface area contributed by atoms with Gasteiger partial charge in [0.15, 0.2) is 0 Å². The van der Waals surface area contributed by atoms with Crippen molar-refractivity contribution in [3.05, 3.63) is 0 Å². The van der Waals surface area contributed by atoms with Crippen molar-refractivity contribution in [2.75, 3.05) is 19.8 Å². The van der Waals surface area contributed by atoms with Gasteiger partial charge in [-0.2, -0.15) is 0 Å². The van der Waals surface area contributed by atoms with Gasteiger partial charge in [0.1, 0.15) is 0 Å². The fourth-order valence-corrected chi connectivity index (χ4v) is 1.62. The summed E-state index contributed by atoms with van der Waals surface area (Å²) in [6.07, 6.45) is 0.980.